The fourth-order valence-electron chi connectivity index (χ4n) is 9.97. The molecule has 0 fully saturated rings. The Morgan fingerprint density at radius 3 is 0.644 bits per heavy atom. The SMILES string of the molecule is COC(=O)CCSP(OC(C)CSP(OC(C)CSP(OC(C)CC(C)C)OC(C)CC(C)C)OC(C)CSP(OC(C)CC(C)C)OC(C)CC(C)C)OC(C)CSP(=O)(OC(C)CSP(OC(C)CC(C)C)OC(C)CC(C)C)OC(C)CSP(OC(C)CC(C)C)OC(C)CC(C)C. The number of carbonyl (C=O) groups is 1. The van der Waals surface area contributed by atoms with Gasteiger partial charge in [-0.15, -0.1) is 0 Å². The van der Waals surface area contributed by atoms with E-state index in [9.17, 15) is 4.79 Å². The first-order valence-corrected chi connectivity index (χ1v) is 57.1. The van der Waals surface area contributed by atoms with E-state index in [1.54, 1.807) is 56.9 Å². The molecular weight excluding hydrogens is 1550 g/mol. The Kier molecular flexibility index (Phi) is 63.2. The first-order chi connectivity index (χ1) is 47.0. The van der Waals surface area contributed by atoms with E-state index in [2.05, 4.69) is 180 Å². The van der Waals surface area contributed by atoms with Gasteiger partial charge in [0.05, 0.1) is 99.0 Å². The second-order valence-corrected chi connectivity index (χ2v) is 53.5. The molecule has 17 nitrogen and oxygen atoms in total. The number of carbonyl (C=O) groups excluding carboxylic acids is 1. The van der Waals surface area contributed by atoms with Crippen molar-refractivity contribution in [2.45, 2.75) is 351 Å². The lowest BCUT2D eigenvalue weighted by atomic mass is 10.1. The van der Waals surface area contributed by atoms with Crippen LogP contribution in [0.3, 0.4) is 0 Å². The minimum absolute atomic E-state index is 0.00354. The molecule has 101 heavy (non-hydrogen) atoms. The predicted octanol–water partition coefficient (Wildman–Crippen LogP) is 28.2. The topological polar surface area (TPSA) is 173 Å². The second-order valence-electron chi connectivity index (χ2n) is 30.6. The average Bonchev–Trinajstić information content (AvgIpc) is 0.862. The lowest BCUT2D eigenvalue weighted by Gasteiger charge is -2.29. The summed E-state index contributed by atoms with van der Waals surface area (Å²) in [4.78, 5) is 12.5. The van der Waals surface area contributed by atoms with Crippen molar-refractivity contribution in [2.24, 2.45) is 47.3 Å². The molecule has 15 unspecified atom stereocenters. The van der Waals surface area contributed by atoms with E-state index >= 15 is 4.57 Å². The van der Waals surface area contributed by atoms with Crippen molar-refractivity contribution in [3.8, 4) is 0 Å². The van der Waals surface area contributed by atoms with Crippen molar-refractivity contribution >= 4 is 138 Å². The largest absolute Gasteiger partial charge is 0.469 e. The van der Waals surface area contributed by atoms with Crippen LogP contribution in [0, 0.1) is 47.3 Å². The third-order valence-corrected chi connectivity index (χ3v) is 38.4. The van der Waals surface area contributed by atoms with Crippen LogP contribution in [0.4, 0.5) is 0 Å². The molecule has 0 aliphatic carbocycles. The van der Waals surface area contributed by atoms with Crippen LogP contribution >= 0.6 is 132 Å². The zero-order valence-electron chi connectivity index (χ0n) is 68.4. The van der Waals surface area contributed by atoms with Gasteiger partial charge in [0.2, 0.25) is 45.5 Å². The zero-order chi connectivity index (χ0) is 77.1. The molecular formula is C70H147O17P7S7. The predicted molar refractivity (Wildman–Crippen MR) is 456 cm³/mol. The Labute approximate surface area is 655 Å². The summed E-state index contributed by atoms with van der Waals surface area (Å²) in [5.74, 6) is 6.94. The molecule has 0 radical (unpaired) electrons. The summed E-state index contributed by atoms with van der Waals surface area (Å²) in [7, 11) is -6.98. The van der Waals surface area contributed by atoms with Gasteiger partial charge in [-0.2, -0.15) is 0 Å². The summed E-state index contributed by atoms with van der Waals surface area (Å²) in [5.41, 5.74) is 0. The normalized spacial score (nSPS) is 19.4. The monoisotopic (exact) mass is 1700 g/mol. The Hall–Kier alpha value is 4.17. The minimum Gasteiger partial charge on any atom is -0.469 e. The summed E-state index contributed by atoms with van der Waals surface area (Å²) in [6.45, 7) is 60.5. The van der Waals surface area contributed by atoms with Crippen LogP contribution < -0.4 is 0 Å². The number of rotatable bonds is 66. The number of hydrogen-bond acceptors (Lipinski definition) is 24. The summed E-state index contributed by atoms with van der Waals surface area (Å²) in [6.07, 6.45) is 5.58. The van der Waals surface area contributed by atoms with Crippen molar-refractivity contribution in [1.29, 1.82) is 0 Å². The number of methoxy groups -OCH3 is 1. The number of hydrogen-bond donors (Lipinski definition) is 0. The van der Waals surface area contributed by atoms with Crippen molar-refractivity contribution in [1.82, 2.24) is 0 Å². The smallest absolute Gasteiger partial charge is 0.389 e. The van der Waals surface area contributed by atoms with Crippen LogP contribution in [-0.2, 0) is 77.4 Å². The van der Waals surface area contributed by atoms with Crippen LogP contribution in [-0.4, -0.2) is 139 Å². The third kappa shape index (κ3) is 61.3. The van der Waals surface area contributed by atoms with Crippen LogP contribution in [0.15, 0.2) is 0 Å². The molecule has 0 aliphatic rings. The molecule has 0 aliphatic heterocycles. The molecule has 0 bridgehead atoms. The van der Waals surface area contributed by atoms with Crippen molar-refractivity contribution in [3.05, 3.63) is 0 Å². The maximum absolute atomic E-state index is 15.5. The van der Waals surface area contributed by atoms with Gasteiger partial charge in [-0.3, -0.25) is 13.8 Å². The molecule has 0 aromatic heterocycles. The number of ether oxygens (including phenoxy) is 1. The number of esters is 1. The molecule has 0 spiro atoms. The second kappa shape index (κ2) is 60.7. The Balaban J connectivity index is 7.17. The molecule has 0 amide bonds. The maximum atomic E-state index is 15.5. The highest BCUT2D eigenvalue weighted by molar-refractivity contribution is 8.55. The van der Waals surface area contributed by atoms with E-state index in [0.717, 1.165) is 62.7 Å². The first kappa shape index (κ1) is 105. The molecule has 31 heteroatoms. The fourth-order valence-corrected chi connectivity index (χ4v) is 35.8. The van der Waals surface area contributed by atoms with E-state index < -0.39 is 70.6 Å². The molecule has 606 valence electrons. The standard InChI is InChI=1S/C70H147O17P7S7/c1-48(2)34-56(17)74-89(75-57(18)35-49(3)4)96-43-65(26)83-93(84-66(27)44-97-90(76-58(19)36-50(5)6)77-59(20)37-51(7)8)98-42-64(25)82-88(95-33-32-70(71)73-31)85-67(28)47-101-94(72,86-68(29)45-99-91(78-60(21)38-52(9)10)79-61(22)39-53(11)12)87-69(30)46-100-92(80-62(23)40-54(13)14)81-63(24)41-55(15)16/h48-69H,32-47H2,1-31H3. The molecule has 0 aromatic rings. The van der Waals surface area contributed by atoms with Crippen LogP contribution in [0.5, 0.6) is 0 Å². The van der Waals surface area contributed by atoms with Gasteiger partial charge >= 0.3 is 12.8 Å². The summed E-state index contributed by atoms with van der Waals surface area (Å²) < 4.78 is 114. The molecule has 0 heterocycles. The van der Waals surface area contributed by atoms with Crippen molar-refractivity contribution in [3.63, 3.8) is 0 Å². The molecule has 0 N–H and O–H groups in total. The van der Waals surface area contributed by atoms with Crippen LogP contribution in [0.2, 0.25) is 0 Å². The van der Waals surface area contributed by atoms with Gasteiger partial charge in [0.1, 0.15) is 0 Å². The van der Waals surface area contributed by atoms with E-state index in [1.807, 2.05) is 27.7 Å². The highest BCUT2D eigenvalue weighted by Crippen LogP contribution is 2.66. The quantitative estimate of drug-likeness (QED) is 0.0415. The van der Waals surface area contributed by atoms with Gasteiger partial charge in [0.25, 0.3) is 0 Å². The third-order valence-electron chi connectivity index (χ3n) is 13.5. The molecule has 15 atom stereocenters. The minimum atomic E-state index is -3.91. The summed E-state index contributed by atoms with van der Waals surface area (Å²) >= 11 is 10.7. The highest BCUT2D eigenvalue weighted by Gasteiger charge is 2.36. The van der Waals surface area contributed by atoms with Gasteiger partial charge < -0.3 is 59.0 Å². The van der Waals surface area contributed by atoms with Gasteiger partial charge in [-0.05, 0) is 207 Å². The van der Waals surface area contributed by atoms with E-state index in [4.69, 9.17) is 68.1 Å². The van der Waals surface area contributed by atoms with Crippen molar-refractivity contribution in [2.75, 3.05) is 47.4 Å². The van der Waals surface area contributed by atoms with Gasteiger partial charge in [-0.25, -0.2) is 4.57 Å². The summed E-state index contributed by atoms with van der Waals surface area (Å²) in [5, 5.41) is 0. The highest BCUT2D eigenvalue weighted by atomic mass is 32.7. The van der Waals surface area contributed by atoms with Crippen LogP contribution in [0.25, 0.3) is 0 Å². The lowest BCUT2D eigenvalue weighted by Crippen LogP contribution is -2.18. The van der Waals surface area contributed by atoms with Crippen LogP contribution in [0.1, 0.15) is 265 Å². The molecule has 0 saturated heterocycles. The Morgan fingerprint density at radius 1 is 0.267 bits per heavy atom. The molecule has 0 rings (SSSR count). The zero-order valence-corrected chi connectivity index (χ0v) is 80.4. The van der Waals surface area contributed by atoms with Crippen molar-refractivity contribution < 1.29 is 77.4 Å². The van der Waals surface area contributed by atoms with E-state index in [1.165, 1.54) is 18.5 Å². The molecule has 0 aromatic carbocycles. The molecule has 0 saturated carbocycles. The maximum Gasteiger partial charge on any atom is 0.389 e. The van der Waals surface area contributed by atoms with E-state index in [-0.39, 0.29) is 85.3 Å². The summed E-state index contributed by atoms with van der Waals surface area (Å²) in [6, 6.07) is 0. The first-order valence-electron chi connectivity index (χ1n) is 37.3. The Bertz CT molecular complexity index is 1890. The lowest BCUT2D eigenvalue weighted by molar-refractivity contribution is -0.140. The van der Waals surface area contributed by atoms with Gasteiger partial charge in [-0.1, -0.05) is 179 Å². The fraction of sp³-hybridized carbons (Fsp3) is 0.986. The van der Waals surface area contributed by atoms with E-state index in [0.29, 0.717) is 81.9 Å². The van der Waals surface area contributed by atoms with Gasteiger partial charge in [0, 0.05) is 40.3 Å². The average molecular weight is 1700 g/mol. The van der Waals surface area contributed by atoms with Gasteiger partial charge in [0.15, 0.2) is 0 Å². The Morgan fingerprint density at radius 2 is 0.446 bits per heavy atom.